The molecule has 10 nitrogen and oxygen atoms in total. The van der Waals surface area contributed by atoms with Gasteiger partial charge >= 0.3 is 11.8 Å². The molecule has 2 N–H and O–H groups in total. The van der Waals surface area contributed by atoms with Crippen LogP contribution in [0.4, 0.5) is 4.79 Å². The first-order chi connectivity index (χ1) is 16.5. The number of imide groups is 1. The van der Waals surface area contributed by atoms with Gasteiger partial charge in [-0.1, -0.05) is 6.07 Å². The SMILES string of the molecule is Cn1c(=O)n(C2CCC(=O)NC2=O)c2ccc(C3N(C(=O)OC(C)(C)C)CC34CCNCC4)cc21. The smallest absolute Gasteiger partial charge is 0.410 e. The van der Waals surface area contributed by atoms with Crippen molar-refractivity contribution in [2.75, 3.05) is 19.6 Å². The first kappa shape index (κ1) is 23.6. The topological polar surface area (TPSA) is 115 Å². The number of fused-ring (bicyclic) bond motifs is 1. The van der Waals surface area contributed by atoms with Crippen LogP contribution in [0.15, 0.2) is 23.0 Å². The van der Waals surface area contributed by atoms with Crippen LogP contribution in [0.3, 0.4) is 0 Å². The molecule has 3 amide bonds. The highest BCUT2D eigenvalue weighted by Crippen LogP contribution is 2.54. The number of hydrogen-bond donors (Lipinski definition) is 2. The van der Waals surface area contributed by atoms with Crippen LogP contribution >= 0.6 is 0 Å². The number of nitrogens with one attached hydrogen (secondary N) is 2. The normalized spacial score (nSPS) is 24.4. The van der Waals surface area contributed by atoms with Gasteiger partial charge in [0.2, 0.25) is 11.8 Å². The second-order valence-electron chi connectivity index (χ2n) is 11.0. The molecule has 10 heteroatoms. The standard InChI is InChI=1S/C25H33N5O5/c1-24(2,3)35-23(34)29-14-25(9-11-26-12-10-25)20(29)15-5-6-16-18(13-15)28(4)22(33)30(16)17-7-8-19(31)27-21(17)32/h5-6,13,17,20,26H,7-12,14H2,1-4H3,(H,27,31,32). The molecule has 2 aromatic rings. The third kappa shape index (κ3) is 3.93. The lowest BCUT2D eigenvalue weighted by atomic mass is 9.63. The number of hydrogen-bond acceptors (Lipinski definition) is 6. The predicted molar refractivity (Wildman–Crippen MR) is 129 cm³/mol. The number of aryl methyl sites for hydroxylation is 1. The Labute approximate surface area is 203 Å². The maximum atomic E-state index is 13.2. The van der Waals surface area contributed by atoms with Gasteiger partial charge in [-0.25, -0.2) is 9.59 Å². The van der Waals surface area contributed by atoms with E-state index < -0.39 is 17.6 Å². The summed E-state index contributed by atoms with van der Waals surface area (Å²) < 4.78 is 8.72. The number of likely N-dealkylation sites (tertiary alicyclic amines) is 1. The number of carbonyl (C=O) groups is 3. The molecule has 1 aromatic carbocycles. The Morgan fingerprint density at radius 3 is 2.49 bits per heavy atom. The minimum Gasteiger partial charge on any atom is -0.444 e. The zero-order valence-corrected chi connectivity index (χ0v) is 20.7. The van der Waals surface area contributed by atoms with Gasteiger partial charge in [-0.2, -0.15) is 0 Å². The first-order valence-electron chi connectivity index (χ1n) is 12.3. The van der Waals surface area contributed by atoms with Crippen molar-refractivity contribution >= 4 is 28.9 Å². The van der Waals surface area contributed by atoms with Gasteiger partial charge in [0.25, 0.3) is 0 Å². The summed E-state index contributed by atoms with van der Waals surface area (Å²) in [7, 11) is 1.68. The summed E-state index contributed by atoms with van der Waals surface area (Å²) in [6.45, 7) is 8.01. The maximum Gasteiger partial charge on any atom is 0.410 e. The van der Waals surface area contributed by atoms with Gasteiger partial charge in [0, 0.05) is 25.4 Å². The molecule has 2 unspecified atom stereocenters. The average molecular weight is 484 g/mol. The number of piperidine rings is 2. The van der Waals surface area contributed by atoms with Crippen molar-refractivity contribution in [2.24, 2.45) is 12.5 Å². The lowest BCUT2D eigenvalue weighted by molar-refractivity contribution is -0.135. The predicted octanol–water partition coefficient (Wildman–Crippen LogP) is 1.98. The van der Waals surface area contributed by atoms with E-state index in [1.54, 1.807) is 11.9 Å². The van der Waals surface area contributed by atoms with Gasteiger partial charge in [0.05, 0.1) is 17.1 Å². The van der Waals surface area contributed by atoms with Gasteiger partial charge in [-0.3, -0.25) is 28.9 Å². The van der Waals surface area contributed by atoms with E-state index in [1.807, 2.05) is 39.0 Å². The van der Waals surface area contributed by atoms with E-state index in [0.717, 1.165) is 31.5 Å². The van der Waals surface area contributed by atoms with Gasteiger partial charge in [-0.05, 0) is 70.8 Å². The number of aromatic nitrogens is 2. The lowest BCUT2D eigenvalue weighted by Gasteiger charge is -2.59. The number of nitrogens with zero attached hydrogens (tertiary/aromatic N) is 3. The number of carbonyl (C=O) groups excluding carboxylic acids is 3. The molecular weight excluding hydrogens is 450 g/mol. The van der Waals surface area contributed by atoms with Crippen molar-refractivity contribution in [1.82, 2.24) is 24.7 Å². The van der Waals surface area contributed by atoms with E-state index in [9.17, 15) is 19.2 Å². The summed E-state index contributed by atoms with van der Waals surface area (Å²) in [4.78, 5) is 52.2. The van der Waals surface area contributed by atoms with Crippen LogP contribution in [0.5, 0.6) is 0 Å². The second-order valence-corrected chi connectivity index (χ2v) is 11.0. The number of ether oxygens (including phenoxy) is 1. The highest BCUT2D eigenvalue weighted by molar-refractivity contribution is 6.00. The minimum absolute atomic E-state index is 0.0408. The second kappa shape index (κ2) is 8.22. The van der Waals surface area contributed by atoms with E-state index in [4.69, 9.17) is 4.74 Å². The molecule has 188 valence electrons. The molecule has 0 saturated carbocycles. The molecule has 3 fully saturated rings. The highest BCUT2D eigenvalue weighted by atomic mass is 16.6. The van der Waals surface area contributed by atoms with Crippen LogP contribution in [-0.4, -0.2) is 57.2 Å². The third-order valence-electron chi connectivity index (χ3n) is 7.56. The molecule has 5 rings (SSSR count). The Kier molecular flexibility index (Phi) is 5.54. The fourth-order valence-electron chi connectivity index (χ4n) is 5.90. The van der Waals surface area contributed by atoms with Crippen LogP contribution in [0.2, 0.25) is 0 Å². The summed E-state index contributed by atoms with van der Waals surface area (Å²) in [5.74, 6) is -0.773. The fourth-order valence-corrected chi connectivity index (χ4v) is 5.90. The first-order valence-corrected chi connectivity index (χ1v) is 12.3. The van der Waals surface area contributed by atoms with Crippen molar-refractivity contribution in [3.8, 4) is 0 Å². The van der Waals surface area contributed by atoms with Crippen LogP contribution in [0, 0.1) is 5.41 Å². The fraction of sp³-hybridized carbons (Fsp3) is 0.600. The number of rotatable bonds is 2. The summed E-state index contributed by atoms with van der Waals surface area (Å²) in [5, 5.41) is 5.75. The molecule has 3 aliphatic heterocycles. The van der Waals surface area contributed by atoms with Crippen LogP contribution in [0.25, 0.3) is 11.0 Å². The Bertz CT molecular complexity index is 1260. The summed E-state index contributed by atoms with van der Waals surface area (Å²) in [6, 6.07) is 4.89. The van der Waals surface area contributed by atoms with E-state index >= 15 is 0 Å². The molecule has 3 aliphatic rings. The maximum absolute atomic E-state index is 13.2. The van der Waals surface area contributed by atoms with Gasteiger partial charge in [0.1, 0.15) is 11.6 Å². The van der Waals surface area contributed by atoms with Crippen molar-refractivity contribution in [3.63, 3.8) is 0 Å². The molecule has 0 radical (unpaired) electrons. The molecule has 3 saturated heterocycles. The number of imidazole rings is 1. The number of benzene rings is 1. The summed E-state index contributed by atoms with van der Waals surface area (Å²) in [5.41, 5.74) is 1.34. The molecule has 0 aliphatic carbocycles. The number of amides is 3. The monoisotopic (exact) mass is 483 g/mol. The summed E-state index contributed by atoms with van der Waals surface area (Å²) in [6.07, 6.45) is 2.05. The average Bonchev–Trinajstić information content (AvgIpc) is 3.02. The molecule has 35 heavy (non-hydrogen) atoms. The van der Waals surface area contributed by atoms with Gasteiger partial charge < -0.3 is 10.1 Å². The van der Waals surface area contributed by atoms with Crippen molar-refractivity contribution < 1.29 is 19.1 Å². The molecule has 0 bridgehead atoms. The van der Waals surface area contributed by atoms with Crippen LogP contribution in [-0.2, 0) is 21.4 Å². The Morgan fingerprint density at radius 2 is 1.83 bits per heavy atom. The quantitative estimate of drug-likeness (QED) is 0.632. The Morgan fingerprint density at radius 1 is 1.11 bits per heavy atom. The van der Waals surface area contributed by atoms with Crippen LogP contribution < -0.4 is 16.3 Å². The molecule has 1 spiro atoms. The lowest BCUT2D eigenvalue weighted by Crippen LogP contribution is -2.63. The zero-order chi connectivity index (χ0) is 25.1. The third-order valence-corrected chi connectivity index (χ3v) is 7.56. The van der Waals surface area contributed by atoms with Crippen LogP contribution in [0.1, 0.15) is 64.1 Å². The molecule has 1 aromatic heterocycles. The van der Waals surface area contributed by atoms with Gasteiger partial charge in [-0.15, -0.1) is 0 Å². The zero-order valence-electron chi connectivity index (χ0n) is 20.7. The van der Waals surface area contributed by atoms with Crippen molar-refractivity contribution in [2.45, 2.75) is 64.1 Å². The van der Waals surface area contributed by atoms with Crippen molar-refractivity contribution in [1.29, 1.82) is 0 Å². The van der Waals surface area contributed by atoms with E-state index in [1.165, 1.54) is 9.13 Å². The van der Waals surface area contributed by atoms with E-state index in [0.29, 0.717) is 17.6 Å². The highest BCUT2D eigenvalue weighted by Gasteiger charge is 2.56. The van der Waals surface area contributed by atoms with Gasteiger partial charge in [0.15, 0.2) is 0 Å². The minimum atomic E-state index is -0.729. The molecule has 4 heterocycles. The van der Waals surface area contributed by atoms with E-state index in [-0.39, 0.29) is 42.0 Å². The largest absolute Gasteiger partial charge is 0.444 e. The van der Waals surface area contributed by atoms with Crippen molar-refractivity contribution in [3.05, 3.63) is 34.2 Å². The summed E-state index contributed by atoms with van der Waals surface area (Å²) >= 11 is 0. The Balaban J connectivity index is 1.55. The van der Waals surface area contributed by atoms with E-state index in [2.05, 4.69) is 10.6 Å². The molecule has 2 atom stereocenters. The Hall–Kier alpha value is -3.14. The molecular formula is C25H33N5O5.